The summed E-state index contributed by atoms with van der Waals surface area (Å²) in [7, 11) is -2.26. The number of rotatable bonds is 5. The summed E-state index contributed by atoms with van der Waals surface area (Å²) in [4.78, 5) is 12.6. The molecule has 0 aliphatic heterocycles. The molecule has 138 valence electrons. The number of nitrogens with one attached hydrogen (secondary N) is 1. The summed E-state index contributed by atoms with van der Waals surface area (Å²) in [5.41, 5.74) is 0.881. The lowest BCUT2D eigenvalue weighted by Gasteiger charge is -2.20. The molecular weight excluding hydrogens is 372 g/mol. The zero-order valence-electron chi connectivity index (χ0n) is 14.5. The Labute approximate surface area is 159 Å². The van der Waals surface area contributed by atoms with Crippen molar-refractivity contribution in [1.29, 1.82) is 0 Å². The predicted octanol–water partition coefficient (Wildman–Crippen LogP) is 3.84. The highest BCUT2D eigenvalue weighted by Crippen LogP contribution is 2.24. The number of halogens is 1. The highest BCUT2D eigenvalue weighted by Gasteiger charge is 2.23. The Bertz CT molecular complexity index is 891. The second-order valence-electron chi connectivity index (χ2n) is 6.43. The van der Waals surface area contributed by atoms with Gasteiger partial charge in [-0.05, 0) is 55.3 Å². The van der Waals surface area contributed by atoms with Gasteiger partial charge < -0.3 is 5.32 Å². The summed E-state index contributed by atoms with van der Waals surface area (Å²) in [5.74, 6) is -0.170. The summed E-state index contributed by atoms with van der Waals surface area (Å²) in [6, 6.07) is 12.8. The minimum Gasteiger partial charge on any atom is -0.349 e. The van der Waals surface area contributed by atoms with Gasteiger partial charge in [0.25, 0.3) is 15.9 Å². The van der Waals surface area contributed by atoms with Crippen LogP contribution >= 0.6 is 11.6 Å². The Balaban J connectivity index is 1.82. The zero-order chi connectivity index (χ0) is 18.7. The van der Waals surface area contributed by atoms with E-state index in [4.69, 9.17) is 11.6 Å². The molecule has 0 atom stereocenters. The Kier molecular flexibility index (Phi) is 5.53. The maximum absolute atomic E-state index is 12.8. The molecule has 1 aliphatic rings. The van der Waals surface area contributed by atoms with Gasteiger partial charge in [-0.3, -0.25) is 9.10 Å². The van der Waals surface area contributed by atoms with E-state index in [0.29, 0.717) is 16.3 Å². The van der Waals surface area contributed by atoms with E-state index in [9.17, 15) is 13.2 Å². The fourth-order valence-corrected chi connectivity index (χ4v) is 4.40. The minimum atomic E-state index is -3.73. The molecule has 26 heavy (non-hydrogen) atoms. The topological polar surface area (TPSA) is 66.5 Å². The van der Waals surface area contributed by atoms with E-state index in [2.05, 4.69) is 5.32 Å². The van der Waals surface area contributed by atoms with Crippen molar-refractivity contribution in [2.24, 2.45) is 0 Å². The van der Waals surface area contributed by atoms with Crippen LogP contribution in [-0.4, -0.2) is 27.4 Å². The first-order chi connectivity index (χ1) is 12.4. The number of benzene rings is 2. The number of carbonyl (C=O) groups is 1. The van der Waals surface area contributed by atoms with E-state index in [1.54, 1.807) is 24.3 Å². The lowest BCUT2D eigenvalue weighted by Crippen LogP contribution is -2.33. The molecule has 0 aromatic heterocycles. The summed E-state index contributed by atoms with van der Waals surface area (Å²) in [5, 5.41) is 3.49. The molecule has 0 unspecified atom stereocenters. The van der Waals surface area contributed by atoms with Crippen LogP contribution in [0.15, 0.2) is 53.4 Å². The molecule has 1 amide bonds. The maximum atomic E-state index is 12.8. The van der Waals surface area contributed by atoms with Crippen LogP contribution in [0, 0.1) is 0 Å². The Morgan fingerprint density at radius 1 is 1.12 bits per heavy atom. The standard InChI is InChI=1S/C19H21ClN2O3S/c1-22(26(24,25)18-11-9-15(20)10-12-18)17-8-4-5-14(13-17)19(23)21-16-6-2-3-7-16/h4-5,8-13,16H,2-3,6-7H2,1H3,(H,21,23). The minimum absolute atomic E-state index is 0.144. The number of sulfonamides is 1. The number of anilines is 1. The first-order valence-electron chi connectivity index (χ1n) is 8.53. The Morgan fingerprint density at radius 3 is 2.42 bits per heavy atom. The number of amides is 1. The number of hydrogen-bond acceptors (Lipinski definition) is 3. The molecule has 7 heteroatoms. The molecule has 1 fully saturated rings. The van der Waals surface area contributed by atoms with Crippen molar-refractivity contribution in [2.45, 2.75) is 36.6 Å². The molecular formula is C19H21ClN2O3S. The molecule has 1 aliphatic carbocycles. The third-order valence-electron chi connectivity index (χ3n) is 4.63. The molecule has 0 bridgehead atoms. The van der Waals surface area contributed by atoms with Gasteiger partial charge in [0.1, 0.15) is 0 Å². The molecule has 1 N–H and O–H groups in total. The highest BCUT2D eigenvalue weighted by molar-refractivity contribution is 7.92. The second-order valence-corrected chi connectivity index (χ2v) is 8.84. The van der Waals surface area contributed by atoms with Crippen LogP contribution < -0.4 is 9.62 Å². The van der Waals surface area contributed by atoms with Gasteiger partial charge in [-0.25, -0.2) is 8.42 Å². The van der Waals surface area contributed by atoms with E-state index < -0.39 is 10.0 Å². The van der Waals surface area contributed by atoms with Crippen LogP contribution in [0.3, 0.4) is 0 Å². The largest absolute Gasteiger partial charge is 0.349 e. The zero-order valence-corrected chi connectivity index (χ0v) is 16.1. The first kappa shape index (κ1) is 18.7. The Hall–Kier alpha value is -2.05. The summed E-state index contributed by atoms with van der Waals surface area (Å²) < 4.78 is 26.7. The van der Waals surface area contributed by atoms with Crippen molar-refractivity contribution < 1.29 is 13.2 Å². The van der Waals surface area contributed by atoms with Crippen LogP contribution in [0.5, 0.6) is 0 Å². The summed E-state index contributed by atoms with van der Waals surface area (Å²) in [6.45, 7) is 0. The van der Waals surface area contributed by atoms with Crippen molar-refractivity contribution in [3.63, 3.8) is 0 Å². The second kappa shape index (κ2) is 7.68. The fraction of sp³-hybridized carbons (Fsp3) is 0.316. The Morgan fingerprint density at radius 2 is 1.77 bits per heavy atom. The van der Waals surface area contributed by atoms with Gasteiger partial charge in [-0.1, -0.05) is 30.5 Å². The highest BCUT2D eigenvalue weighted by atomic mass is 35.5. The number of nitrogens with zero attached hydrogens (tertiary/aromatic N) is 1. The van der Waals surface area contributed by atoms with E-state index in [-0.39, 0.29) is 16.8 Å². The maximum Gasteiger partial charge on any atom is 0.264 e. The third-order valence-corrected chi connectivity index (χ3v) is 6.69. The van der Waals surface area contributed by atoms with Crippen molar-refractivity contribution in [3.05, 3.63) is 59.1 Å². The lowest BCUT2D eigenvalue weighted by atomic mass is 10.1. The van der Waals surface area contributed by atoms with Gasteiger partial charge in [0, 0.05) is 23.7 Å². The smallest absolute Gasteiger partial charge is 0.264 e. The molecule has 2 aromatic rings. The monoisotopic (exact) mass is 392 g/mol. The van der Waals surface area contributed by atoms with Gasteiger partial charge in [0.15, 0.2) is 0 Å². The molecule has 0 heterocycles. The third kappa shape index (κ3) is 4.02. The summed E-state index contributed by atoms with van der Waals surface area (Å²) >= 11 is 5.83. The van der Waals surface area contributed by atoms with Crippen molar-refractivity contribution in [1.82, 2.24) is 5.32 Å². The van der Waals surface area contributed by atoms with Gasteiger partial charge in [0.2, 0.25) is 0 Å². The quantitative estimate of drug-likeness (QED) is 0.840. The molecule has 0 saturated heterocycles. The van der Waals surface area contributed by atoms with Crippen LogP contribution in [-0.2, 0) is 10.0 Å². The summed E-state index contributed by atoms with van der Waals surface area (Å²) in [6.07, 6.45) is 4.26. The predicted molar refractivity (Wildman–Crippen MR) is 103 cm³/mol. The van der Waals surface area contributed by atoms with Crippen molar-refractivity contribution >= 4 is 33.2 Å². The fourth-order valence-electron chi connectivity index (χ4n) is 3.09. The molecule has 5 nitrogen and oxygen atoms in total. The number of carbonyl (C=O) groups excluding carboxylic acids is 1. The van der Waals surface area contributed by atoms with E-state index in [0.717, 1.165) is 25.7 Å². The van der Waals surface area contributed by atoms with Crippen molar-refractivity contribution in [2.75, 3.05) is 11.4 Å². The van der Waals surface area contributed by atoms with Gasteiger partial charge in [0.05, 0.1) is 10.6 Å². The average Bonchev–Trinajstić information content (AvgIpc) is 3.14. The van der Waals surface area contributed by atoms with E-state index in [1.165, 1.54) is 35.6 Å². The van der Waals surface area contributed by atoms with Gasteiger partial charge in [-0.15, -0.1) is 0 Å². The molecule has 3 rings (SSSR count). The van der Waals surface area contributed by atoms with Gasteiger partial charge in [-0.2, -0.15) is 0 Å². The van der Waals surface area contributed by atoms with E-state index >= 15 is 0 Å². The first-order valence-corrected chi connectivity index (χ1v) is 10.3. The van der Waals surface area contributed by atoms with Gasteiger partial charge >= 0.3 is 0 Å². The molecule has 0 spiro atoms. The van der Waals surface area contributed by atoms with Crippen molar-refractivity contribution in [3.8, 4) is 0 Å². The van der Waals surface area contributed by atoms with Crippen LogP contribution in [0.4, 0.5) is 5.69 Å². The average molecular weight is 393 g/mol. The SMILES string of the molecule is CN(c1cccc(C(=O)NC2CCCC2)c1)S(=O)(=O)c1ccc(Cl)cc1. The lowest BCUT2D eigenvalue weighted by molar-refractivity contribution is 0.0938. The molecule has 1 saturated carbocycles. The van der Waals surface area contributed by atoms with Crippen LogP contribution in [0.2, 0.25) is 5.02 Å². The molecule has 2 aromatic carbocycles. The van der Waals surface area contributed by atoms with Crippen LogP contribution in [0.1, 0.15) is 36.0 Å². The molecule has 0 radical (unpaired) electrons. The van der Waals surface area contributed by atoms with Crippen LogP contribution in [0.25, 0.3) is 0 Å². The normalized spacial score (nSPS) is 15.0. The van der Waals surface area contributed by atoms with E-state index in [1.807, 2.05) is 0 Å². The number of hydrogen-bond donors (Lipinski definition) is 1.